The van der Waals surface area contributed by atoms with Gasteiger partial charge in [-0.2, -0.15) is 0 Å². The number of nitrogens with zero attached hydrogens (tertiary/aromatic N) is 1. The van der Waals surface area contributed by atoms with Crippen LogP contribution in [0.2, 0.25) is 0 Å². The van der Waals surface area contributed by atoms with Gasteiger partial charge in [0, 0.05) is 17.6 Å². The molecule has 5 nitrogen and oxygen atoms in total. The molecule has 0 aromatic heterocycles. The number of carboxylic acid groups (broad SMARTS) is 1. The summed E-state index contributed by atoms with van der Waals surface area (Å²) in [7, 11) is 0. The second kappa shape index (κ2) is 3.70. The molecule has 1 spiro atoms. The van der Waals surface area contributed by atoms with Crippen molar-refractivity contribution in [1.29, 1.82) is 0 Å². The van der Waals surface area contributed by atoms with E-state index in [-0.39, 0.29) is 5.91 Å². The van der Waals surface area contributed by atoms with Crippen LogP contribution in [0.3, 0.4) is 0 Å². The van der Waals surface area contributed by atoms with Crippen molar-refractivity contribution in [2.24, 2.45) is 11.8 Å². The molecule has 2 fully saturated rings. The van der Waals surface area contributed by atoms with Crippen molar-refractivity contribution >= 4 is 17.6 Å². The Morgan fingerprint density at radius 1 is 1.35 bits per heavy atom. The van der Waals surface area contributed by atoms with E-state index in [1.165, 1.54) is 0 Å². The third kappa shape index (κ3) is 1.30. The summed E-state index contributed by atoms with van der Waals surface area (Å²) in [4.78, 5) is 25.5. The molecule has 20 heavy (non-hydrogen) atoms. The quantitative estimate of drug-likeness (QED) is 0.693. The molecule has 0 unspecified atom stereocenters. The standard InChI is InChI=1S/C15H13NO4/c17-13-12-11(14(18)19)10-6-7-15(12,20-10)8-16(13)9-4-2-1-3-5-9/h1-7,10-12H,8H2,(H,18,19)/p-1/t10-,11-,12+,15-/m1/s1. The number of carbonyl (C=O) groups excluding carboxylic acids is 2. The molecule has 0 saturated carbocycles. The fourth-order valence-corrected chi connectivity index (χ4v) is 3.59. The van der Waals surface area contributed by atoms with Gasteiger partial charge in [-0.3, -0.25) is 4.79 Å². The first kappa shape index (κ1) is 11.7. The van der Waals surface area contributed by atoms with Crippen molar-refractivity contribution in [3.63, 3.8) is 0 Å². The van der Waals surface area contributed by atoms with Gasteiger partial charge in [-0.25, -0.2) is 0 Å². The summed E-state index contributed by atoms with van der Waals surface area (Å²) in [6.45, 7) is 0.358. The van der Waals surface area contributed by atoms with Crippen molar-refractivity contribution in [3.8, 4) is 0 Å². The SMILES string of the molecule is O=C([O-])[C@H]1[C@H]2C(=O)N(c3ccccc3)C[C@]23C=C[C@H]1O3. The predicted octanol–water partition coefficient (Wildman–Crippen LogP) is -0.277. The van der Waals surface area contributed by atoms with E-state index in [0.29, 0.717) is 6.54 Å². The molecule has 3 aliphatic heterocycles. The number of hydrogen-bond acceptors (Lipinski definition) is 4. The van der Waals surface area contributed by atoms with Gasteiger partial charge in [0.05, 0.1) is 18.6 Å². The molecule has 3 aliphatic rings. The molecule has 5 heteroatoms. The molecular weight excluding hydrogens is 258 g/mol. The van der Waals surface area contributed by atoms with Gasteiger partial charge in [-0.15, -0.1) is 0 Å². The second-order valence-electron chi connectivity index (χ2n) is 5.48. The summed E-state index contributed by atoms with van der Waals surface area (Å²) in [6, 6.07) is 9.23. The number of carbonyl (C=O) groups is 2. The predicted molar refractivity (Wildman–Crippen MR) is 67.5 cm³/mol. The lowest BCUT2D eigenvalue weighted by molar-refractivity contribution is -0.313. The molecule has 4 atom stereocenters. The van der Waals surface area contributed by atoms with Crippen molar-refractivity contribution in [3.05, 3.63) is 42.5 Å². The van der Waals surface area contributed by atoms with Gasteiger partial charge >= 0.3 is 0 Å². The maximum absolute atomic E-state index is 12.6. The molecule has 2 saturated heterocycles. The number of rotatable bonds is 2. The van der Waals surface area contributed by atoms with E-state index >= 15 is 0 Å². The number of anilines is 1. The van der Waals surface area contributed by atoms with Crippen LogP contribution in [0.4, 0.5) is 5.69 Å². The Hall–Kier alpha value is -2.14. The minimum atomic E-state index is -1.21. The highest BCUT2D eigenvalue weighted by molar-refractivity contribution is 6.02. The zero-order valence-electron chi connectivity index (χ0n) is 10.6. The third-order valence-electron chi connectivity index (χ3n) is 4.44. The van der Waals surface area contributed by atoms with Crippen molar-refractivity contribution in [1.82, 2.24) is 0 Å². The van der Waals surface area contributed by atoms with Crippen molar-refractivity contribution in [2.45, 2.75) is 11.7 Å². The lowest BCUT2D eigenvalue weighted by Crippen LogP contribution is -2.45. The number of aliphatic carboxylic acids is 1. The molecule has 1 aromatic rings. The third-order valence-corrected chi connectivity index (χ3v) is 4.44. The number of benzene rings is 1. The van der Waals surface area contributed by atoms with Crippen molar-refractivity contribution in [2.75, 3.05) is 11.4 Å². The first-order valence-corrected chi connectivity index (χ1v) is 6.57. The summed E-state index contributed by atoms with van der Waals surface area (Å²) in [5.41, 5.74) is -0.0404. The number of fused-ring (bicyclic) bond motifs is 1. The number of carboxylic acids is 1. The van der Waals surface area contributed by atoms with E-state index in [2.05, 4.69) is 0 Å². The van der Waals surface area contributed by atoms with Gasteiger partial charge in [0.2, 0.25) is 5.91 Å². The van der Waals surface area contributed by atoms with Crippen LogP contribution in [0.15, 0.2) is 42.5 Å². The largest absolute Gasteiger partial charge is 0.550 e. The lowest BCUT2D eigenvalue weighted by Gasteiger charge is -2.24. The Morgan fingerprint density at radius 2 is 2.10 bits per heavy atom. The minimum Gasteiger partial charge on any atom is -0.550 e. The highest BCUT2D eigenvalue weighted by Gasteiger charge is 2.65. The maximum Gasteiger partial charge on any atom is 0.234 e. The lowest BCUT2D eigenvalue weighted by atomic mass is 9.77. The monoisotopic (exact) mass is 270 g/mol. The molecule has 3 heterocycles. The van der Waals surface area contributed by atoms with Gasteiger partial charge in [0.1, 0.15) is 5.60 Å². The Morgan fingerprint density at radius 3 is 2.80 bits per heavy atom. The topological polar surface area (TPSA) is 69.7 Å². The molecule has 1 amide bonds. The van der Waals surface area contributed by atoms with Gasteiger partial charge in [0.15, 0.2) is 0 Å². The van der Waals surface area contributed by atoms with E-state index in [1.54, 1.807) is 11.0 Å². The summed E-state index contributed by atoms with van der Waals surface area (Å²) in [6.07, 6.45) is 3.04. The smallest absolute Gasteiger partial charge is 0.234 e. The van der Waals surface area contributed by atoms with Crippen molar-refractivity contribution < 1.29 is 19.4 Å². The van der Waals surface area contributed by atoms with Crippen LogP contribution in [-0.2, 0) is 14.3 Å². The molecule has 0 aliphatic carbocycles. The zero-order chi connectivity index (χ0) is 13.9. The van der Waals surface area contributed by atoms with Gasteiger partial charge in [-0.1, -0.05) is 30.4 Å². The maximum atomic E-state index is 12.6. The molecular formula is C15H12NO4-. The molecule has 0 radical (unpaired) electrons. The van der Waals surface area contributed by atoms with Crippen LogP contribution in [0.5, 0.6) is 0 Å². The Labute approximate surface area is 115 Å². The summed E-state index contributed by atoms with van der Waals surface area (Å²) < 4.78 is 5.79. The van der Waals surface area contributed by atoms with Crippen LogP contribution < -0.4 is 10.0 Å². The first-order chi connectivity index (χ1) is 9.62. The molecule has 0 N–H and O–H groups in total. The van der Waals surface area contributed by atoms with E-state index in [9.17, 15) is 14.7 Å². The Bertz CT molecular complexity index is 626. The first-order valence-electron chi connectivity index (χ1n) is 6.57. The number of amides is 1. The van der Waals surface area contributed by atoms with Crippen LogP contribution in [0, 0.1) is 11.8 Å². The number of ether oxygens (including phenoxy) is 1. The van der Waals surface area contributed by atoms with Crippen LogP contribution >= 0.6 is 0 Å². The summed E-state index contributed by atoms with van der Waals surface area (Å²) in [5, 5.41) is 11.3. The van der Waals surface area contributed by atoms with Gasteiger partial charge in [0.25, 0.3) is 0 Å². The highest BCUT2D eigenvalue weighted by Crippen LogP contribution is 2.52. The fourth-order valence-electron chi connectivity index (χ4n) is 3.59. The van der Waals surface area contributed by atoms with Crippen LogP contribution in [0.1, 0.15) is 0 Å². The Kier molecular flexibility index (Phi) is 2.16. The minimum absolute atomic E-state index is 0.197. The highest BCUT2D eigenvalue weighted by atomic mass is 16.5. The van der Waals surface area contributed by atoms with Gasteiger partial charge in [-0.05, 0) is 12.1 Å². The van der Waals surface area contributed by atoms with E-state index in [1.807, 2.05) is 36.4 Å². The average Bonchev–Trinajstić information content (AvgIpc) is 3.08. The van der Waals surface area contributed by atoms with E-state index in [4.69, 9.17) is 4.74 Å². The molecule has 4 rings (SSSR count). The summed E-state index contributed by atoms with van der Waals surface area (Å²) >= 11 is 0. The second-order valence-corrected chi connectivity index (χ2v) is 5.48. The van der Waals surface area contributed by atoms with Crippen LogP contribution in [0.25, 0.3) is 0 Å². The Balaban J connectivity index is 1.76. The number of para-hydroxylation sites is 1. The fraction of sp³-hybridized carbons (Fsp3) is 0.333. The zero-order valence-corrected chi connectivity index (χ0v) is 10.6. The van der Waals surface area contributed by atoms with E-state index in [0.717, 1.165) is 5.69 Å². The average molecular weight is 270 g/mol. The number of hydrogen-bond donors (Lipinski definition) is 0. The normalized spacial score (nSPS) is 37.5. The van der Waals surface area contributed by atoms with Crippen LogP contribution in [-0.4, -0.2) is 30.1 Å². The molecule has 102 valence electrons. The van der Waals surface area contributed by atoms with Gasteiger partial charge < -0.3 is 19.5 Å². The molecule has 1 aromatic carbocycles. The van der Waals surface area contributed by atoms with E-state index < -0.39 is 29.5 Å². The summed E-state index contributed by atoms with van der Waals surface area (Å²) in [5.74, 6) is -2.98. The molecule has 2 bridgehead atoms.